The number of alkyl halides is 3. The van der Waals surface area contributed by atoms with E-state index in [1.165, 1.54) is 4.90 Å². The second-order valence-electron chi connectivity index (χ2n) is 4.31. The van der Waals surface area contributed by atoms with Crippen molar-refractivity contribution in [3.63, 3.8) is 0 Å². The second kappa shape index (κ2) is 4.66. The highest BCUT2D eigenvalue weighted by Crippen LogP contribution is 2.33. The van der Waals surface area contributed by atoms with Gasteiger partial charge in [-0.2, -0.15) is 13.2 Å². The van der Waals surface area contributed by atoms with E-state index in [1.54, 1.807) is 0 Å². The molecule has 2 rings (SSSR count). The van der Waals surface area contributed by atoms with Gasteiger partial charge in [-0.05, 0) is 24.1 Å². The molecule has 17 heavy (non-hydrogen) atoms. The number of rotatable bonds is 3. The zero-order valence-electron chi connectivity index (χ0n) is 9.37. The molecular formula is C12H15F3N2. The Morgan fingerprint density at radius 3 is 2.12 bits per heavy atom. The van der Waals surface area contributed by atoms with Gasteiger partial charge in [-0.1, -0.05) is 24.3 Å². The maximum absolute atomic E-state index is 12.9. The van der Waals surface area contributed by atoms with Gasteiger partial charge >= 0.3 is 6.18 Å². The van der Waals surface area contributed by atoms with Crippen LogP contribution in [0.2, 0.25) is 0 Å². The van der Waals surface area contributed by atoms with E-state index >= 15 is 0 Å². The van der Waals surface area contributed by atoms with Crippen molar-refractivity contribution in [1.29, 1.82) is 0 Å². The quantitative estimate of drug-likeness (QED) is 0.883. The van der Waals surface area contributed by atoms with Crippen LogP contribution in [0.4, 0.5) is 13.2 Å². The Kier molecular flexibility index (Phi) is 3.40. The Bertz CT molecular complexity index is 365. The van der Waals surface area contributed by atoms with E-state index in [4.69, 9.17) is 5.73 Å². The van der Waals surface area contributed by atoms with Crippen LogP contribution < -0.4 is 5.73 Å². The van der Waals surface area contributed by atoms with Gasteiger partial charge in [0.25, 0.3) is 0 Å². The third-order valence-corrected chi connectivity index (χ3v) is 3.12. The van der Waals surface area contributed by atoms with Gasteiger partial charge in [0, 0.05) is 13.1 Å². The Morgan fingerprint density at radius 2 is 1.71 bits per heavy atom. The van der Waals surface area contributed by atoms with Gasteiger partial charge in [0.1, 0.15) is 6.04 Å². The van der Waals surface area contributed by atoms with Crippen molar-refractivity contribution in [2.24, 2.45) is 5.73 Å². The molecule has 0 fully saturated rings. The topological polar surface area (TPSA) is 29.3 Å². The number of nitrogens with two attached hydrogens (primary N) is 1. The SMILES string of the molecule is NCCC(N1Cc2ccccc2C1)C(F)(F)F. The molecule has 2 nitrogen and oxygen atoms in total. The van der Waals surface area contributed by atoms with Gasteiger partial charge in [0.05, 0.1) is 0 Å². The van der Waals surface area contributed by atoms with Crippen molar-refractivity contribution >= 4 is 0 Å². The highest BCUT2D eigenvalue weighted by molar-refractivity contribution is 5.30. The first kappa shape index (κ1) is 12.4. The third kappa shape index (κ3) is 2.61. The van der Waals surface area contributed by atoms with Gasteiger partial charge in [0.2, 0.25) is 0 Å². The van der Waals surface area contributed by atoms with Crippen LogP contribution in [-0.4, -0.2) is 23.7 Å². The molecule has 0 aliphatic carbocycles. The molecule has 0 saturated heterocycles. The Morgan fingerprint density at radius 1 is 1.18 bits per heavy atom. The summed E-state index contributed by atoms with van der Waals surface area (Å²) < 4.78 is 38.7. The first-order valence-corrected chi connectivity index (χ1v) is 5.60. The molecule has 2 N–H and O–H groups in total. The molecule has 94 valence electrons. The lowest BCUT2D eigenvalue weighted by molar-refractivity contribution is -0.186. The summed E-state index contributed by atoms with van der Waals surface area (Å²) in [5.41, 5.74) is 7.24. The molecule has 1 aliphatic heterocycles. The highest BCUT2D eigenvalue weighted by Gasteiger charge is 2.44. The van der Waals surface area contributed by atoms with Crippen LogP contribution in [0.25, 0.3) is 0 Å². The predicted molar refractivity (Wildman–Crippen MR) is 59.2 cm³/mol. The van der Waals surface area contributed by atoms with Crippen LogP contribution in [0, 0.1) is 0 Å². The molecule has 1 aliphatic rings. The van der Waals surface area contributed by atoms with Gasteiger partial charge in [0.15, 0.2) is 0 Å². The van der Waals surface area contributed by atoms with Crippen molar-refractivity contribution in [1.82, 2.24) is 4.90 Å². The van der Waals surface area contributed by atoms with Gasteiger partial charge in [-0.3, -0.25) is 4.90 Å². The number of halogens is 3. The number of hydrogen-bond donors (Lipinski definition) is 1. The van der Waals surface area contributed by atoms with E-state index in [-0.39, 0.29) is 13.0 Å². The minimum atomic E-state index is -4.21. The van der Waals surface area contributed by atoms with Crippen LogP contribution in [0.1, 0.15) is 17.5 Å². The standard InChI is InChI=1S/C12H15F3N2/c13-12(14,15)11(5-6-16)17-7-9-3-1-2-4-10(9)8-17/h1-4,11H,5-8,16H2. The molecule has 0 amide bonds. The largest absolute Gasteiger partial charge is 0.404 e. The second-order valence-corrected chi connectivity index (χ2v) is 4.31. The number of fused-ring (bicyclic) bond motifs is 1. The van der Waals surface area contributed by atoms with Gasteiger partial charge in [-0.25, -0.2) is 0 Å². The molecule has 0 radical (unpaired) electrons. The highest BCUT2D eigenvalue weighted by atomic mass is 19.4. The molecule has 1 unspecified atom stereocenters. The van der Waals surface area contributed by atoms with Crippen molar-refractivity contribution in [3.05, 3.63) is 35.4 Å². The normalized spacial score (nSPS) is 18.1. The lowest BCUT2D eigenvalue weighted by Crippen LogP contribution is -2.44. The Balaban J connectivity index is 2.14. The lowest BCUT2D eigenvalue weighted by Gasteiger charge is -2.29. The molecule has 0 aromatic heterocycles. The number of hydrogen-bond acceptors (Lipinski definition) is 2. The number of nitrogens with zero attached hydrogens (tertiary/aromatic N) is 1. The predicted octanol–water partition coefficient (Wildman–Crippen LogP) is 2.28. The summed E-state index contributed by atoms with van der Waals surface area (Å²) in [6, 6.07) is 6.04. The average Bonchev–Trinajstić information content (AvgIpc) is 2.67. The van der Waals surface area contributed by atoms with Crippen molar-refractivity contribution in [2.75, 3.05) is 6.54 Å². The maximum atomic E-state index is 12.9. The van der Waals surface area contributed by atoms with Crippen molar-refractivity contribution < 1.29 is 13.2 Å². The van der Waals surface area contributed by atoms with E-state index in [0.717, 1.165) is 11.1 Å². The molecular weight excluding hydrogens is 229 g/mol. The summed E-state index contributed by atoms with van der Waals surface area (Å²) >= 11 is 0. The van der Waals surface area contributed by atoms with Crippen LogP contribution in [0.5, 0.6) is 0 Å². The zero-order valence-corrected chi connectivity index (χ0v) is 9.37. The smallest absolute Gasteiger partial charge is 0.330 e. The Hall–Kier alpha value is -1.07. The molecule has 1 aromatic carbocycles. The van der Waals surface area contributed by atoms with Crippen molar-refractivity contribution in [2.45, 2.75) is 31.7 Å². The lowest BCUT2D eigenvalue weighted by atomic mass is 10.1. The van der Waals surface area contributed by atoms with Gasteiger partial charge < -0.3 is 5.73 Å². The fourth-order valence-corrected chi connectivity index (χ4v) is 2.29. The van der Waals surface area contributed by atoms with E-state index in [1.807, 2.05) is 24.3 Å². The van der Waals surface area contributed by atoms with Crippen molar-refractivity contribution in [3.8, 4) is 0 Å². The summed E-state index contributed by atoms with van der Waals surface area (Å²) in [6.07, 6.45) is -4.25. The average molecular weight is 244 g/mol. The molecule has 0 bridgehead atoms. The zero-order chi connectivity index (χ0) is 12.5. The summed E-state index contributed by atoms with van der Waals surface area (Å²) in [4.78, 5) is 1.46. The summed E-state index contributed by atoms with van der Waals surface area (Å²) in [5.74, 6) is 0. The minimum absolute atomic E-state index is 0.0442. The van der Waals surface area contributed by atoms with Gasteiger partial charge in [-0.15, -0.1) is 0 Å². The fourth-order valence-electron chi connectivity index (χ4n) is 2.29. The van der Waals surface area contributed by atoms with Crippen LogP contribution in [0.3, 0.4) is 0 Å². The van der Waals surface area contributed by atoms with Crippen LogP contribution in [0.15, 0.2) is 24.3 Å². The third-order valence-electron chi connectivity index (χ3n) is 3.12. The molecule has 0 spiro atoms. The van der Waals surface area contributed by atoms with E-state index in [0.29, 0.717) is 13.1 Å². The maximum Gasteiger partial charge on any atom is 0.404 e. The summed E-state index contributed by atoms with van der Waals surface area (Å²) in [6.45, 7) is 0.776. The fraction of sp³-hybridized carbons (Fsp3) is 0.500. The molecule has 1 atom stereocenters. The first-order valence-electron chi connectivity index (χ1n) is 5.60. The molecule has 1 heterocycles. The summed E-state index contributed by atoms with van der Waals surface area (Å²) in [7, 11) is 0. The summed E-state index contributed by atoms with van der Waals surface area (Å²) in [5, 5.41) is 0. The molecule has 1 aromatic rings. The molecule has 0 saturated carbocycles. The molecule has 5 heteroatoms. The monoisotopic (exact) mass is 244 g/mol. The van der Waals surface area contributed by atoms with E-state index in [2.05, 4.69) is 0 Å². The Labute approximate surface area is 98.2 Å². The first-order chi connectivity index (χ1) is 8.02. The van der Waals surface area contributed by atoms with E-state index in [9.17, 15) is 13.2 Å². The van der Waals surface area contributed by atoms with Crippen LogP contribution in [-0.2, 0) is 13.1 Å². The minimum Gasteiger partial charge on any atom is -0.330 e. The van der Waals surface area contributed by atoms with Crippen LogP contribution >= 0.6 is 0 Å². The number of benzene rings is 1. The van der Waals surface area contributed by atoms with E-state index < -0.39 is 12.2 Å².